The molecule has 3 aromatic rings. The summed E-state index contributed by atoms with van der Waals surface area (Å²) in [7, 11) is 0. The third kappa shape index (κ3) is 3.43. The minimum Gasteiger partial charge on any atom is -0.467 e. The van der Waals surface area contributed by atoms with Gasteiger partial charge < -0.3 is 15.5 Å². The normalized spacial score (nSPS) is 12.4. The number of alkyl halides is 2. The van der Waals surface area contributed by atoms with Crippen LogP contribution in [-0.4, -0.2) is 16.8 Å². The Labute approximate surface area is 145 Å². The van der Waals surface area contributed by atoms with E-state index in [1.165, 1.54) is 22.9 Å². The van der Waals surface area contributed by atoms with Crippen molar-refractivity contribution in [2.45, 2.75) is 32.4 Å². The molecule has 0 amide bonds. The molecule has 24 heavy (non-hydrogen) atoms. The maximum atomic E-state index is 12.8. The van der Waals surface area contributed by atoms with Crippen LogP contribution in [0.1, 0.15) is 23.1 Å². The van der Waals surface area contributed by atoms with E-state index < -0.39 is 12.5 Å². The molecule has 3 N–H and O–H groups in total. The first-order valence-electron chi connectivity index (χ1n) is 7.24. The molecule has 8 heteroatoms. The van der Waals surface area contributed by atoms with Gasteiger partial charge in [-0.25, -0.2) is 8.78 Å². The van der Waals surface area contributed by atoms with Crippen LogP contribution >= 0.6 is 22.9 Å². The van der Waals surface area contributed by atoms with Crippen LogP contribution in [0.2, 0.25) is 0 Å². The lowest BCUT2D eigenvalue weighted by Crippen LogP contribution is -2.30. The Hall–Kier alpha value is -1.95. The number of fused-ring (bicyclic) bond motifs is 1. The summed E-state index contributed by atoms with van der Waals surface area (Å²) in [6.07, 6.45) is -0.856. The van der Waals surface area contributed by atoms with Crippen molar-refractivity contribution in [3.05, 3.63) is 34.6 Å². The summed E-state index contributed by atoms with van der Waals surface area (Å²) in [5.74, 6) is 6.62. The van der Waals surface area contributed by atoms with Gasteiger partial charge in [0, 0.05) is 11.3 Å². The number of rotatable bonds is 6. The molecule has 3 aromatic heterocycles. The Bertz CT molecular complexity index is 875. The van der Waals surface area contributed by atoms with Gasteiger partial charge >= 0.3 is 0 Å². The van der Waals surface area contributed by atoms with Crippen LogP contribution in [0.4, 0.5) is 13.8 Å². The second-order valence-corrected chi connectivity index (χ2v) is 6.98. The smallest absolute Gasteiger partial charge is 0.253 e. The summed E-state index contributed by atoms with van der Waals surface area (Å²) in [5.41, 5.74) is 6.98. The van der Waals surface area contributed by atoms with E-state index in [4.69, 9.17) is 10.2 Å². The highest BCUT2D eigenvalue weighted by atomic mass is 32.1. The minimum atomic E-state index is -2.56. The van der Waals surface area contributed by atoms with Gasteiger partial charge in [-0.2, -0.15) is 4.37 Å². The highest BCUT2D eigenvalue weighted by Gasteiger charge is 2.22. The average Bonchev–Trinajstić information content (AvgIpc) is 3.25. The summed E-state index contributed by atoms with van der Waals surface area (Å²) in [6.45, 7) is 2.24. The lowest BCUT2D eigenvalue weighted by atomic mass is 10.1. The van der Waals surface area contributed by atoms with Gasteiger partial charge in [0.1, 0.15) is 16.3 Å². The number of hydrogen-bond acceptors (Lipinski definition) is 6. The molecule has 0 aliphatic rings. The quantitative estimate of drug-likeness (QED) is 0.645. The second kappa shape index (κ2) is 7.30. The molecule has 126 valence electrons. The maximum Gasteiger partial charge on any atom is 0.253 e. The Morgan fingerprint density at radius 3 is 2.96 bits per heavy atom. The van der Waals surface area contributed by atoms with Crippen molar-refractivity contribution in [2.75, 3.05) is 5.32 Å². The molecule has 0 unspecified atom stereocenters. The summed E-state index contributed by atoms with van der Waals surface area (Å²) in [5, 5.41) is 4.15. The average molecular weight is 367 g/mol. The van der Waals surface area contributed by atoms with Crippen LogP contribution in [0.15, 0.2) is 22.8 Å². The zero-order valence-corrected chi connectivity index (χ0v) is 14.4. The van der Waals surface area contributed by atoms with E-state index in [1.807, 2.05) is 12.1 Å². The number of nitrogens with two attached hydrogens (primary N) is 1. The highest BCUT2D eigenvalue weighted by molar-refractivity contribution is 7.24. The Morgan fingerprint density at radius 2 is 2.29 bits per heavy atom. The number of thiophene rings is 1. The monoisotopic (exact) mass is 367 g/mol. The van der Waals surface area contributed by atoms with E-state index >= 15 is 0 Å². The van der Waals surface area contributed by atoms with Gasteiger partial charge in [0.05, 0.1) is 29.1 Å². The lowest BCUT2D eigenvalue weighted by Gasteiger charge is -2.08. The van der Waals surface area contributed by atoms with Gasteiger partial charge in [-0.15, -0.1) is 17.3 Å². The van der Waals surface area contributed by atoms with Gasteiger partial charge in [-0.1, -0.05) is 5.92 Å². The summed E-state index contributed by atoms with van der Waals surface area (Å²) >= 11 is 2.74. The van der Waals surface area contributed by atoms with Crippen molar-refractivity contribution >= 4 is 38.1 Å². The SMILES string of the molecule is CC#Cc1c(C[C@@H](N)C(F)F)sc2c(NCc3ccco3)snc12. The third-order valence-electron chi connectivity index (χ3n) is 3.39. The number of furan rings is 1. The molecule has 4 nitrogen and oxygen atoms in total. The first-order chi connectivity index (χ1) is 11.6. The highest BCUT2D eigenvalue weighted by Crippen LogP contribution is 2.39. The predicted octanol–water partition coefficient (Wildman–Crippen LogP) is 4.07. The van der Waals surface area contributed by atoms with E-state index in [9.17, 15) is 8.78 Å². The fourth-order valence-electron chi connectivity index (χ4n) is 2.24. The van der Waals surface area contributed by atoms with Crippen LogP contribution in [0, 0.1) is 11.8 Å². The summed E-state index contributed by atoms with van der Waals surface area (Å²) in [4.78, 5) is 0.753. The Balaban J connectivity index is 1.91. The second-order valence-electron chi connectivity index (χ2n) is 5.10. The first kappa shape index (κ1) is 16.9. The standard InChI is InChI=1S/C16H15F2N3OS2/c1-2-4-10-12(7-11(19)15(17)18)23-14-13(10)21-24-16(14)20-8-9-5-3-6-22-9/h3,5-6,11,15,20H,7-8,19H2,1H3/t11-/m1/s1. The van der Waals surface area contributed by atoms with Crippen LogP contribution in [0.3, 0.4) is 0 Å². The number of nitrogens with one attached hydrogen (secondary N) is 1. The molecule has 0 saturated carbocycles. The number of anilines is 1. The third-order valence-corrected chi connectivity index (χ3v) is 5.54. The fraction of sp³-hybridized carbons (Fsp3) is 0.312. The summed E-state index contributed by atoms with van der Waals surface area (Å²) in [6, 6.07) is 2.50. The number of hydrogen-bond donors (Lipinski definition) is 2. The molecule has 0 aromatic carbocycles. The van der Waals surface area contributed by atoms with Crippen LogP contribution in [0.5, 0.6) is 0 Å². The van der Waals surface area contributed by atoms with Crippen LogP contribution in [-0.2, 0) is 13.0 Å². The maximum absolute atomic E-state index is 12.8. The predicted molar refractivity (Wildman–Crippen MR) is 93.8 cm³/mol. The van der Waals surface area contributed by atoms with Crippen molar-refractivity contribution in [3.8, 4) is 11.8 Å². The van der Waals surface area contributed by atoms with Crippen LogP contribution in [0.25, 0.3) is 10.2 Å². The molecule has 3 rings (SSSR count). The molecular formula is C16H15F2N3OS2. The van der Waals surface area contributed by atoms with Crippen molar-refractivity contribution in [2.24, 2.45) is 5.73 Å². The van der Waals surface area contributed by atoms with E-state index in [-0.39, 0.29) is 6.42 Å². The molecular weight excluding hydrogens is 352 g/mol. The fourth-order valence-corrected chi connectivity index (χ4v) is 4.39. The topological polar surface area (TPSA) is 64.1 Å². The van der Waals surface area contributed by atoms with Crippen molar-refractivity contribution in [1.29, 1.82) is 0 Å². The van der Waals surface area contributed by atoms with Gasteiger partial charge in [0.2, 0.25) is 0 Å². The molecule has 3 heterocycles. The van der Waals surface area contributed by atoms with Crippen molar-refractivity contribution < 1.29 is 13.2 Å². The number of nitrogens with zero attached hydrogens (tertiary/aromatic N) is 1. The van der Waals surface area contributed by atoms with E-state index in [2.05, 4.69) is 21.5 Å². The van der Waals surface area contributed by atoms with Gasteiger partial charge in [-0.05, 0) is 30.6 Å². The molecule has 0 saturated heterocycles. The van der Waals surface area contributed by atoms with E-state index in [0.29, 0.717) is 12.1 Å². The summed E-state index contributed by atoms with van der Waals surface area (Å²) < 4.78 is 36.2. The van der Waals surface area contributed by atoms with Crippen molar-refractivity contribution in [3.63, 3.8) is 0 Å². The first-order valence-corrected chi connectivity index (χ1v) is 8.83. The lowest BCUT2D eigenvalue weighted by molar-refractivity contribution is 0.116. The van der Waals surface area contributed by atoms with Crippen molar-refractivity contribution in [1.82, 2.24) is 4.37 Å². The molecule has 0 radical (unpaired) electrons. The van der Waals surface area contributed by atoms with Crippen LogP contribution < -0.4 is 11.1 Å². The van der Waals surface area contributed by atoms with E-state index in [0.717, 1.165) is 25.9 Å². The molecule has 0 bridgehead atoms. The largest absolute Gasteiger partial charge is 0.467 e. The number of aromatic nitrogens is 1. The molecule has 0 aliphatic heterocycles. The Morgan fingerprint density at radius 1 is 1.46 bits per heavy atom. The van der Waals surface area contributed by atoms with Gasteiger partial charge in [0.25, 0.3) is 6.43 Å². The zero-order chi connectivity index (χ0) is 17.1. The zero-order valence-electron chi connectivity index (χ0n) is 12.8. The Kier molecular flexibility index (Phi) is 5.14. The van der Waals surface area contributed by atoms with Gasteiger partial charge in [0.15, 0.2) is 0 Å². The van der Waals surface area contributed by atoms with Gasteiger partial charge in [-0.3, -0.25) is 0 Å². The van der Waals surface area contributed by atoms with E-state index in [1.54, 1.807) is 13.2 Å². The molecule has 0 fully saturated rings. The number of halogens is 2. The molecule has 0 aliphatic carbocycles. The molecule has 0 spiro atoms. The minimum absolute atomic E-state index is 0.0883. The molecule has 1 atom stereocenters.